The third-order valence-corrected chi connectivity index (χ3v) is 5.16. The van der Waals surface area contributed by atoms with Crippen LogP contribution < -0.4 is 5.73 Å². The summed E-state index contributed by atoms with van der Waals surface area (Å²) in [5, 5.41) is 0.739. The fraction of sp³-hybridized carbons (Fsp3) is 0.333. The highest BCUT2D eigenvalue weighted by atomic mass is 127. The lowest BCUT2D eigenvalue weighted by atomic mass is 10.1. The van der Waals surface area contributed by atoms with E-state index in [0.29, 0.717) is 17.5 Å². The summed E-state index contributed by atoms with van der Waals surface area (Å²) in [7, 11) is 0. The second-order valence-electron chi connectivity index (χ2n) is 5.13. The van der Waals surface area contributed by atoms with Gasteiger partial charge in [-0.1, -0.05) is 31.5 Å². The highest BCUT2D eigenvalue weighted by molar-refractivity contribution is 14.1. The number of halogens is 2. The van der Waals surface area contributed by atoms with Gasteiger partial charge in [0.2, 0.25) is 0 Å². The third kappa shape index (κ3) is 5.00. The van der Waals surface area contributed by atoms with Crippen molar-refractivity contribution in [2.24, 2.45) is 5.92 Å². The van der Waals surface area contributed by atoms with Gasteiger partial charge in [0.15, 0.2) is 0 Å². The first-order chi connectivity index (χ1) is 9.95. The lowest BCUT2D eigenvalue weighted by Gasteiger charge is -2.10. The zero-order chi connectivity index (χ0) is 15.4. The molecule has 21 heavy (non-hydrogen) atoms. The molecule has 0 aliphatic carbocycles. The van der Waals surface area contributed by atoms with Gasteiger partial charge >= 0.3 is 0 Å². The minimum atomic E-state index is 0.543. The summed E-state index contributed by atoms with van der Waals surface area (Å²) in [6, 6.07) is 7.78. The molecule has 2 aromatic rings. The monoisotopic (exact) mass is 433 g/mol. The van der Waals surface area contributed by atoms with Gasteiger partial charge in [-0.2, -0.15) is 0 Å². The number of nitrogens with two attached hydrogens (primary N) is 1. The zero-order valence-corrected chi connectivity index (χ0v) is 15.7. The smallest absolute Gasteiger partial charge is 0.141 e. The molecule has 1 heterocycles. The molecule has 0 aliphatic rings. The average Bonchev–Trinajstić information content (AvgIpc) is 2.41. The number of rotatable bonds is 5. The van der Waals surface area contributed by atoms with E-state index >= 15 is 0 Å². The maximum atomic E-state index is 6.00. The van der Waals surface area contributed by atoms with Crippen molar-refractivity contribution in [3.63, 3.8) is 0 Å². The molecule has 1 aromatic heterocycles. The van der Waals surface area contributed by atoms with Crippen molar-refractivity contribution in [1.82, 2.24) is 9.97 Å². The topological polar surface area (TPSA) is 51.8 Å². The van der Waals surface area contributed by atoms with Crippen molar-refractivity contribution in [2.45, 2.75) is 30.9 Å². The minimum absolute atomic E-state index is 0.543. The summed E-state index contributed by atoms with van der Waals surface area (Å²) in [4.78, 5) is 10.1. The van der Waals surface area contributed by atoms with E-state index in [-0.39, 0.29) is 0 Å². The van der Waals surface area contributed by atoms with Gasteiger partial charge in [0.05, 0.1) is 15.0 Å². The van der Waals surface area contributed by atoms with E-state index < -0.39 is 0 Å². The molecule has 0 spiro atoms. The Balaban J connectivity index is 2.14. The summed E-state index contributed by atoms with van der Waals surface area (Å²) >= 11 is 9.88. The molecule has 1 aromatic carbocycles. The number of thioether (sulfide) groups is 1. The predicted octanol–water partition coefficient (Wildman–Crippen LogP) is 4.81. The second-order valence-corrected chi connectivity index (χ2v) is 7.69. The quantitative estimate of drug-likeness (QED) is 0.543. The van der Waals surface area contributed by atoms with Gasteiger partial charge in [0.1, 0.15) is 11.6 Å². The summed E-state index contributed by atoms with van der Waals surface area (Å²) in [6.07, 6.45) is 0.916. The van der Waals surface area contributed by atoms with Crippen LogP contribution in [0.1, 0.15) is 25.4 Å². The molecule has 0 bridgehead atoms. The maximum absolute atomic E-state index is 6.00. The zero-order valence-electron chi connectivity index (χ0n) is 11.9. The first-order valence-electron chi connectivity index (χ1n) is 6.65. The van der Waals surface area contributed by atoms with E-state index in [1.807, 2.05) is 24.3 Å². The Morgan fingerprint density at radius 2 is 2.10 bits per heavy atom. The van der Waals surface area contributed by atoms with Gasteiger partial charge in [0.25, 0.3) is 0 Å². The first kappa shape index (κ1) is 16.8. The molecule has 2 N–H and O–H groups in total. The van der Waals surface area contributed by atoms with Crippen LogP contribution in [0.4, 0.5) is 5.82 Å². The van der Waals surface area contributed by atoms with Gasteiger partial charge in [-0.25, -0.2) is 9.97 Å². The van der Waals surface area contributed by atoms with Crippen LogP contribution in [0.2, 0.25) is 5.02 Å². The highest BCUT2D eigenvalue weighted by Crippen LogP contribution is 2.26. The molecule has 3 nitrogen and oxygen atoms in total. The Kier molecular flexibility index (Phi) is 6.13. The van der Waals surface area contributed by atoms with Crippen molar-refractivity contribution < 1.29 is 0 Å². The molecule has 0 unspecified atom stereocenters. The van der Waals surface area contributed by atoms with Crippen molar-refractivity contribution in [1.29, 1.82) is 0 Å². The Labute approximate surface area is 148 Å². The molecule has 0 saturated carbocycles. The number of benzene rings is 1. The number of nitrogens with zero attached hydrogens (tertiary/aromatic N) is 2. The summed E-state index contributed by atoms with van der Waals surface area (Å²) in [6.45, 7) is 4.35. The van der Waals surface area contributed by atoms with Crippen LogP contribution in [0.5, 0.6) is 0 Å². The van der Waals surface area contributed by atoms with Crippen molar-refractivity contribution in [2.75, 3.05) is 5.73 Å². The molecule has 6 heteroatoms. The molecule has 0 aliphatic heterocycles. The first-order valence-corrected chi connectivity index (χ1v) is 9.09. The van der Waals surface area contributed by atoms with Gasteiger partial charge in [-0.15, -0.1) is 11.8 Å². The van der Waals surface area contributed by atoms with Crippen molar-refractivity contribution >= 4 is 51.8 Å². The number of aromatic nitrogens is 2. The Hall–Kier alpha value is -0.530. The molecular formula is C15H17ClIN3S. The highest BCUT2D eigenvalue weighted by Gasteiger charge is 2.11. The van der Waals surface area contributed by atoms with E-state index in [2.05, 4.69) is 46.4 Å². The van der Waals surface area contributed by atoms with Crippen molar-refractivity contribution in [3.05, 3.63) is 44.4 Å². The number of nitrogen functional groups attached to an aromatic ring is 1. The van der Waals surface area contributed by atoms with Gasteiger partial charge in [0, 0.05) is 9.92 Å². The predicted molar refractivity (Wildman–Crippen MR) is 98.7 cm³/mol. The van der Waals surface area contributed by atoms with Crippen LogP contribution >= 0.6 is 46.0 Å². The van der Waals surface area contributed by atoms with Crippen LogP contribution in [-0.2, 0) is 12.2 Å². The largest absolute Gasteiger partial charge is 0.383 e. The molecule has 0 radical (unpaired) electrons. The molecule has 0 atom stereocenters. The SMILES string of the molecule is CC(C)Cc1nc(CSc2cccc(Cl)c2)nc(N)c1I. The lowest BCUT2D eigenvalue weighted by molar-refractivity contribution is 0.629. The number of hydrogen-bond acceptors (Lipinski definition) is 4. The maximum Gasteiger partial charge on any atom is 0.141 e. The van der Waals surface area contributed by atoms with Crippen LogP contribution in [0, 0.1) is 9.49 Å². The molecule has 0 amide bonds. The molecule has 0 fully saturated rings. The van der Waals surface area contributed by atoms with E-state index in [4.69, 9.17) is 17.3 Å². The number of anilines is 1. The van der Waals surface area contributed by atoms with E-state index in [1.54, 1.807) is 11.8 Å². The Morgan fingerprint density at radius 1 is 1.33 bits per heavy atom. The molecular weight excluding hydrogens is 417 g/mol. The standard InChI is InChI=1S/C15H17ClIN3S/c1-9(2)6-12-14(17)15(18)20-13(19-12)8-21-11-5-3-4-10(16)7-11/h3-5,7,9H,6,8H2,1-2H3,(H2,18,19,20). The van der Waals surface area contributed by atoms with Crippen molar-refractivity contribution in [3.8, 4) is 0 Å². The fourth-order valence-corrected chi connectivity index (χ4v) is 3.38. The Bertz CT molecular complexity index is 634. The molecule has 0 saturated heterocycles. The van der Waals surface area contributed by atoms with Crippen LogP contribution in [0.25, 0.3) is 0 Å². The van der Waals surface area contributed by atoms with Crippen LogP contribution in [0.15, 0.2) is 29.2 Å². The second kappa shape index (κ2) is 7.65. The fourth-order valence-electron chi connectivity index (χ4n) is 1.86. The van der Waals surface area contributed by atoms with E-state index in [9.17, 15) is 0 Å². The summed E-state index contributed by atoms with van der Waals surface area (Å²) < 4.78 is 0.970. The average molecular weight is 434 g/mol. The third-order valence-electron chi connectivity index (χ3n) is 2.76. The van der Waals surface area contributed by atoms with Gasteiger partial charge in [-0.05, 0) is 53.1 Å². The Morgan fingerprint density at radius 3 is 2.76 bits per heavy atom. The van der Waals surface area contributed by atoms with Gasteiger partial charge < -0.3 is 5.73 Å². The normalized spacial score (nSPS) is 11.1. The summed E-state index contributed by atoms with van der Waals surface area (Å²) in [5.74, 6) is 2.57. The van der Waals surface area contributed by atoms with E-state index in [1.165, 1.54) is 0 Å². The van der Waals surface area contributed by atoms with Crippen LogP contribution in [-0.4, -0.2) is 9.97 Å². The summed E-state index contributed by atoms with van der Waals surface area (Å²) in [5.41, 5.74) is 7.04. The lowest BCUT2D eigenvalue weighted by Crippen LogP contribution is -2.09. The van der Waals surface area contributed by atoms with E-state index in [0.717, 1.165) is 31.4 Å². The molecule has 2 rings (SSSR count). The number of hydrogen-bond donors (Lipinski definition) is 1. The van der Waals surface area contributed by atoms with Crippen LogP contribution in [0.3, 0.4) is 0 Å². The van der Waals surface area contributed by atoms with Gasteiger partial charge in [-0.3, -0.25) is 0 Å². The minimum Gasteiger partial charge on any atom is -0.383 e. The molecule has 112 valence electrons.